The fourth-order valence-electron chi connectivity index (χ4n) is 3.06. The van der Waals surface area contributed by atoms with Gasteiger partial charge in [-0.2, -0.15) is 0 Å². The number of thioether (sulfide) groups is 1. The Kier molecular flexibility index (Phi) is 7.45. The zero-order valence-electron chi connectivity index (χ0n) is 18.7. The molecule has 0 fully saturated rings. The first-order valence-electron chi connectivity index (χ1n) is 9.90. The molecule has 0 unspecified atom stereocenters. The van der Waals surface area contributed by atoms with Gasteiger partial charge in [0, 0.05) is 23.2 Å². The number of aryl methyl sites for hydroxylation is 1. The summed E-state index contributed by atoms with van der Waals surface area (Å²) >= 11 is 1.53. The molecule has 0 aliphatic heterocycles. The Morgan fingerprint density at radius 2 is 1.55 bits per heavy atom. The number of amides is 1. The van der Waals surface area contributed by atoms with E-state index in [0.717, 1.165) is 10.5 Å². The molecule has 0 aliphatic carbocycles. The van der Waals surface area contributed by atoms with Crippen LogP contribution in [0.5, 0.6) is 0 Å². The first-order chi connectivity index (χ1) is 15.7. The number of sulfonamides is 1. The lowest BCUT2D eigenvalue weighted by atomic mass is 10.1. The predicted molar refractivity (Wildman–Crippen MR) is 131 cm³/mol. The second-order valence-electron chi connectivity index (χ2n) is 7.17. The highest BCUT2D eigenvalue weighted by molar-refractivity contribution is 7.98. The summed E-state index contributed by atoms with van der Waals surface area (Å²) < 4.78 is 31.8. The highest BCUT2D eigenvalue weighted by Crippen LogP contribution is 2.25. The standard InChI is InChI=1S/C24H24N2O5S2/c1-16-5-6-18(24(28)31-3)15-22(16)25-23(27)17-7-9-19(10-8-17)26(2)33(29,30)21-13-11-20(32-4)12-14-21/h5-15H,1-4H3,(H,25,27). The summed E-state index contributed by atoms with van der Waals surface area (Å²) in [6.45, 7) is 1.81. The molecular weight excluding hydrogens is 460 g/mol. The third-order valence-electron chi connectivity index (χ3n) is 5.12. The third-order valence-corrected chi connectivity index (χ3v) is 7.66. The van der Waals surface area contributed by atoms with E-state index < -0.39 is 16.0 Å². The molecule has 3 aromatic rings. The number of carbonyl (C=O) groups is 2. The van der Waals surface area contributed by atoms with Crippen LogP contribution in [0, 0.1) is 6.92 Å². The summed E-state index contributed by atoms with van der Waals surface area (Å²) in [7, 11) is -0.983. The molecule has 0 saturated heterocycles. The van der Waals surface area contributed by atoms with E-state index in [9.17, 15) is 18.0 Å². The van der Waals surface area contributed by atoms with Crippen molar-refractivity contribution in [2.45, 2.75) is 16.7 Å². The van der Waals surface area contributed by atoms with Gasteiger partial charge in [-0.05, 0) is 79.4 Å². The van der Waals surface area contributed by atoms with E-state index in [4.69, 9.17) is 4.74 Å². The zero-order chi connectivity index (χ0) is 24.2. The van der Waals surface area contributed by atoms with Crippen LogP contribution in [0.1, 0.15) is 26.3 Å². The van der Waals surface area contributed by atoms with Gasteiger partial charge in [-0.1, -0.05) is 6.07 Å². The molecule has 0 aromatic heterocycles. The molecule has 0 bridgehead atoms. The molecule has 1 N–H and O–H groups in total. The Hall–Kier alpha value is -3.30. The molecule has 9 heteroatoms. The minimum Gasteiger partial charge on any atom is -0.465 e. The molecule has 0 radical (unpaired) electrons. The second kappa shape index (κ2) is 10.1. The van der Waals surface area contributed by atoms with Gasteiger partial charge in [-0.25, -0.2) is 13.2 Å². The van der Waals surface area contributed by atoms with E-state index in [1.165, 1.54) is 30.2 Å². The summed E-state index contributed by atoms with van der Waals surface area (Å²) in [6.07, 6.45) is 1.92. The lowest BCUT2D eigenvalue weighted by Gasteiger charge is -2.20. The van der Waals surface area contributed by atoms with E-state index in [1.54, 1.807) is 66.7 Å². The quantitative estimate of drug-likeness (QED) is 0.390. The van der Waals surface area contributed by atoms with Crippen LogP contribution < -0.4 is 9.62 Å². The predicted octanol–water partition coefficient (Wildman–Crippen LogP) is 4.58. The second-order valence-corrected chi connectivity index (χ2v) is 10.0. The van der Waals surface area contributed by atoms with E-state index >= 15 is 0 Å². The minimum absolute atomic E-state index is 0.186. The average Bonchev–Trinajstić information content (AvgIpc) is 2.84. The van der Waals surface area contributed by atoms with Gasteiger partial charge in [0.1, 0.15) is 0 Å². The molecule has 0 heterocycles. The highest BCUT2D eigenvalue weighted by atomic mass is 32.2. The van der Waals surface area contributed by atoms with E-state index in [1.807, 2.05) is 13.2 Å². The van der Waals surface area contributed by atoms with E-state index in [2.05, 4.69) is 5.32 Å². The average molecular weight is 485 g/mol. The number of hydrogen-bond donors (Lipinski definition) is 1. The van der Waals surface area contributed by atoms with Gasteiger partial charge in [0.25, 0.3) is 15.9 Å². The van der Waals surface area contributed by atoms with Crippen LogP contribution >= 0.6 is 11.8 Å². The monoisotopic (exact) mass is 484 g/mol. The smallest absolute Gasteiger partial charge is 0.337 e. The van der Waals surface area contributed by atoms with Gasteiger partial charge >= 0.3 is 5.97 Å². The fraction of sp³-hybridized carbons (Fsp3) is 0.167. The molecule has 0 atom stereocenters. The van der Waals surface area contributed by atoms with Crippen LogP contribution in [0.3, 0.4) is 0 Å². The van der Waals surface area contributed by atoms with Gasteiger partial charge in [-0.15, -0.1) is 11.8 Å². The maximum atomic E-state index is 12.9. The van der Waals surface area contributed by atoms with Gasteiger partial charge in [0.15, 0.2) is 0 Å². The summed E-state index contributed by atoms with van der Waals surface area (Å²) in [6, 6.07) is 17.8. The number of esters is 1. The lowest BCUT2D eigenvalue weighted by Crippen LogP contribution is -2.26. The first-order valence-corrected chi connectivity index (χ1v) is 12.6. The Labute approximate surface area is 197 Å². The molecule has 33 heavy (non-hydrogen) atoms. The van der Waals surface area contributed by atoms with Gasteiger partial charge < -0.3 is 10.1 Å². The van der Waals surface area contributed by atoms with Crippen molar-refractivity contribution in [2.75, 3.05) is 30.0 Å². The Balaban J connectivity index is 1.78. The van der Waals surface area contributed by atoms with Crippen molar-refractivity contribution >= 4 is 45.0 Å². The Morgan fingerprint density at radius 1 is 0.939 bits per heavy atom. The first kappa shape index (κ1) is 24.3. The molecule has 172 valence electrons. The number of nitrogens with one attached hydrogen (secondary N) is 1. The van der Waals surface area contributed by atoms with Gasteiger partial charge in [0.2, 0.25) is 0 Å². The summed E-state index contributed by atoms with van der Waals surface area (Å²) in [5, 5.41) is 2.78. The van der Waals surface area contributed by atoms with Crippen LogP contribution in [0.15, 0.2) is 76.5 Å². The molecule has 3 aromatic carbocycles. The normalized spacial score (nSPS) is 11.0. The van der Waals surface area contributed by atoms with Crippen LogP contribution in [-0.2, 0) is 14.8 Å². The van der Waals surface area contributed by atoms with Crippen LogP contribution in [0.2, 0.25) is 0 Å². The summed E-state index contributed by atoms with van der Waals surface area (Å²) in [5.41, 5.74) is 2.36. The number of methoxy groups -OCH3 is 1. The molecule has 0 aliphatic rings. The molecule has 7 nitrogen and oxygen atoms in total. The van der Waals surface area contributed by atoms with Crippen molar-refractivity contribution in [3.8, 4) is 0 Å². The number of carbonyl (C=O) groups excluding carboxylic acids is 2. The molecule has 1 amide bonds. The highest BCUT2D eigenvalue weighted by Gasteiger charge is 2.21. The number of anilines is 2. The van der Waals surface area contributed by atoms with Crippen molar-refractivity contribution in [2.24, 2.45) is 0 Å². The van der Waals surface area contributed by atoms with Crippen molar-refractivity contribution in [3.63, 3.8) is 0 Å². The van der Waals surface area contributed by atoms with E-state index in [0.29, 0.717) is 22.5 Å². The largest absolute Gasteiger partial charge is 0.465 e. The van der Waals surface area contributed by atoms with Crippen LogP contribution in [-0.4, -0.2) is 40.7 Å². The number of ether oxygens (including phenoxy) is 1. The third kappa shape index (κ3) is 5.37. The molecular formula is C24H24N2O5S2. The lowest BCUT2D eigenvalue weighted by molar-refractivity contribution is 0.0600. The van der Waals surface area contributed by atoms with Crippen LogP contribution in [0.4, 0.5) is 11.4 Å². The van der Waals surface area contributed by atoms with E-state index in [-0.39, 0.29) is 10.8 Å². The zero-order valence-corrected chi connectivity index (χ0v) is 20.3. The number of hydrogen-bond acceptors (Lipinski definition) is 6. The maximum Gasteiger partial charge on any atom is 0.337 e. The van der Waals surface area contributed by atoms with Crippen molar-refractivity contribution in [3.05, 3.63) is 83.4 Å². The molecule has 0 saturated carbocycles. The van der Waals surface area contributed by atoms with Gasteiger partial charge in [-0.3, -0.25) is 9.10 Å². The number of rotatable bonds is 7. The minimum atomic E-state index is -3.74. The topological polar surface area (TPSA) is 92.8 Å². The number of nitrogens with zero attached hydrogens (tertiary/aromatic N) is 1. The van der Waals surface area contributed by atoms with Crippen molar-refractivity contribution in [1.29, 1.82) is 0 Å². The summed E-state index contributed by atoms with van der Waals surface area (Å²) in [4.78, 5) is 25.6. The maximum absolute atomic E-state index is 12.9. The number of benzene rings is 3. The fourth-order valence-corrected chi connectivity index (χ4v) is 4.67. The van der Waals surface area contributed by atoms with Crippen LogP contribution in [0.25, 0.3) is 0 Å². The van der Waals surface area contributed by atoms with Gasteiger partial charge in [0.05, 0.1) is 23.3 Å². The Morgan fingerprint density at radius 3 is 2.12 bits per heavy atom. The van der Waals surface area contributed by atoms with Crippen molar-refractivity contribution in [1.82, 2.24) is 0 Å². The Bertz CT molecular complexity index is 1270. The molecule has 0 spiro atoms. The summed E-state index contributed by atoms with van der Waals surface area (Å²) in [5.74, 6) is -0.882. The van der Waals surface area contributed by atoms with Crippen molar-refractivity contribution < 1.29 is 22.7 Å². The SMILES string of the molecule is COC(=O)c1ccc(C)c(NC(=O)c2ccc(N(C)S(=O)(=O)c3ccc(SC)cc3)cc2)c1. The molecule has 3 rings (SSSR count).